The van der Waals surface area contributed by atoms with E-state index in [0.717, 1.165) is 64.3 Å². The zero-order chi connectivity index (χ0) is 30.2. The topological polar surface area (TPSA) is 98.4 Å². The van der Waals surface area contributed by atoms with E-state index in [9.17, 15) is 4.79 Å². The first kappa shape index (κ1) is 28.9. The number of pyridine rings is 1. The molecule has 4 heterocycles. The molecule has 2 N–H and O–H groups in total. The number of amides is 2. The maximum absolute atomic E-state index is 13.1. The molecule has 1 fully saturated rings. The van der Waals surface area contributed by atoms with Gasteiger partial charge in [0.15, 0.2) is 5.65 Å². The van der Waals surface area contributed by atoms with Gasteiger partial charge in [0.05, 0.1) is 11.4 Å². The van der Waals surface area contributed by atoms with Crippen LogP contribution in [0.5, 0.6) is 0 Å². The summed E-state index contributed by atoms with van der Waals surface area (Å²) in [5, 5.41) is 19.7. The fourth-order valence-corrected chi connectivity index (χ4v) is 5.97. The van der Waals surface area contributed by atoms with Crippen molar-refractivity contribution in [1.29, 1.82) is 0 Å². The fourth-order valence-electron chi connectivity index (χ4n) is 5.13. The highest BCUT2D eigenvalue weighted by atomic mass is 32.2. The SMILES string of the molecule is Cc1ccc(-n2nc(C(C)(C)C)cc2NC(=O)Nc2ccc(Sc3ccc4nnc(C5(C)CCOCC5)n4c3)cc2)cc1. The molecule has 1 aliphatic heterocycles. The van der Waals surface area contributed by atoms with Crippen LogP contribution >= 0.6 is 11.8 Å². The Labute approximate surface area is 256 Å². The van der Waals surface area contributed by atoms with Crippen molar-refractivity contribution in [2.45, 2.75) is 68.1 Å². The summed E-state index contributed by atoms with van der Waals surface area (Å²) in [5.41, 5.74) is 4.26. The van der Waals surface area contributed by atoms with Gasteiger partial charge in [-0.25, -0.2) is 9.48 Å². The molecule has 9 nitrogen and oxygen atoms in total. The summed E-state index contributed by atoms with van der Waals surface area (Å²) in [7, 11) is 0. The van der Waals surface area contributed by atoms with Crippen molar-refractivity contribution >= 4 is 34.9 Å². The zero-order valence-electron chi connectivity index (χ0n) is 25.2. The van der Waals surface area contributed by atoms with Gasteiger partial charge >= 0.3 is 6.03 Å². The van der Waals surface area contributed by atoms with E-state index in [1.807, 2.05) is 67.6 Å². The third kappa shape index (κ3) is 6.30. The number of urea groups is 1. The van der Waals surface area contributed by atoms with E-state index < -0.39 is 0 Å². The maximum atomic E-state index is 13.1. The van der Waals surface area contributed by atoms with Gasteiger partial charge in [-0.05, 0) is 68.3 Å². The van der Waals surface area contributed by atoms with Gasteiger partial charge in [0, 0.05) is 51.8 Å². The average molecular weight is 596 g/mol. The molecule has 0 unspecified atom stereocenters. The molecule has 0 radical (unpaired) electrons. The first-order valence-electron chi connectivity index (χ1n) is 14.5. The monoisotopic (exact) mass is 595 g/mol. The molecule has 0 spiro atoms. The molecule has 43 heavy (non-hydrogen) atoms. The Morgan fingerprint density at radius 1 is 0.930 bits per heavy atom. The lowest BCUT2D eigenvalue weighted by Crippen LogP contribution is -2.32. The summed E-state index contributed by atoms with van der Waals surface area (Å²) in [4.78, 5) is 15.2. The van der Waals surface area contributed by atoms with Crippen LogP contribution in [-0.2, 0) is 15.6 Å². The molecule has 2 aromatic carbocycles. The number of ether oxygens (including phenoxy) is 1. The molecule has 5 aromatic rings. The number of nitrogens with zero attached hydrogens (tertiary/aromatic N) is 5. The van der Waals surface area contributed by atoms with E-state index in [0.29, 0.717) is 11.5 Å². The molecule has 1 aliphatic rings. The smallest absolute Gasteiger partial charge is 0.324 e. The summed E-state index contributed by atoms with van der Waals surface area (Å²) < 4.78 is 9.47. The average Bonchev–Trinajstić information content (AvgIpc) is 3.60. The summed E-state index contributed by atoms with van der Waals surface area (Å²) in [6.07, 6.45) is 3.97. The van der Waals surface area contributed by atoms with E-state index in [2.05, 4.69) is 65.2 Å². The first-order chi connectivity index (χ1) is 20.6. The van der Waals surface area contributed by atoms with Crippen LogP contribution in [0.25, 0.3) is 11.3 Å². The molecular weight excluding hydrogens is 558 g/mol. The van der Waals surface area contributed by atoms with Gasteiger partial charge in [-0.15, -0.1) is 10.2 Å². The third-order valence-corrected chi connectivity index (χ3v) is 8.84. The van der Waals surface area contributed by atoms with E-state index in [1.54, 1.807) is 16.4 Å². The van der Waals surface area contributed by atoms with Crippen molar-refractivity contribution in [3.8, 4) is 5.69 Å². The second kappa shape index (κ2) is 11.5. The van der Waals surface area contributed by atoms with E-state index in [4.69, 9.17) is 9.84 Å². The minimum absolute atomic E-state index is 0.0546. The highest BCUT2D eigenvalue weighted by Crippen LogP contribution is 2.35. The minimum atomic E-state index is -0.332. The molecule has 3 aromatic heterocycles. The van der Waals surface area contributed by atoms with Crippen molar-refractivity contribution in [1.82, 2.24) is 24.4 Å². The lowest BCUT2D eigenvalue weighted by molar-refractivity contribution is 0.0532. The second-order valence-electron chi connectivity index (χ2n) is 12.4. The van der Waals surface area contributed by atoms with Crippen LogP contribution in [-0.4, -0.2) is 43.6 Å². The molecule has 0 aliphatic carbocycles. The zero-order valence-corrected chi connectivity index (χ0v) is 26.0. The van der Waals surface area contributed by atoms with Gasteiger partial charge in [0.1, 0.15) is 11.6 Å². The Bertz CT molecular complexity index is 1750. The lowest BCUT2D eigenvalue weighted by atomic mass is 9.81. The molecule has 1 saturated heterocycles. The number of aromatic nitrogens is 5. The highest BCUT2D eigenvalue weighted by Gasteiger charge is 2.34. The normalized spacial score (nSPS) is 15.0. The number of aryl methyl sites for hydroxylation is 1. The number of rotatable bonds is 6. The maximum Gasteiger partial charge on any atom is 0.324 e. The standard InChI is InChI=1S/C33H37N7O2S/c1-22-6-10-24(11-7-22)40-29(20-27(38-40)32(2,3)4)35-31(41)34-23-8-12-25(13-9-23)43-26-14-15-28-36-37-30(39(28)21-26)33(5)16-18-42-19-17-33/h6-15,20-21H,16-19H2,1-5H3,(H2,34,35,41). The molecule has 2 amide bonds. The molecule has 222 valence electrons. The molecule has 0 atom stereocenters. The van der Waals surface area contributed by atoms with Crippen molar-refractivity contribution in [3.05, 3.63) is 90.0 Å². The highest BCUT2D eigenvalue weighted by molar-refractivity contribution is 7.99. The molecular formula is C33H37N7O2S. The van der Waals surface area contributed by atoms with Gasteiger partial charge in [-0.3, -0.25) is 9.72 Å². The number of fused-ring (bicyclic) bond motifs is 1. The quantitative estimate of drug-likeness (QED) is 0.213. The van der Waals surface area contributed by atoms with Crippen LogP contribution in [0.1, 0.15) is 57.6 Å². The number of hydrogen-bond donors (Lipinski definition) is 2. The second-order valence-corrected chi connectivity index (χ2v) is 13.6. The number of hydrogen-bond acceptors (Lipinski definition) is 6. The van der Waals surface area contributed by atoms with Crippen molar-refractivity contribution in [3.63, 3.8) is 0 Å². The largest absolute Gasteiger partial charge is 0.381 e. The number of anilines is 2. The van der Waals surface area contributed by atoms with E-state index in [-0.39, 0.29) is 16.9 Å². The van der Waals surface area contributed by atoms with Crippen LogP contribution in [0.4, 0.5) is 16.3 Å². The van der Waals surface area contributed by atoms with Gasteiger partial charge < -0.3 is 10.1 Å². The predicted molar refractivity (Wildman–Crippen MR) is 171 cm³/mol. The van der Waals surface area contributed by atoms with Crippen LogP contribution in [0.3, 0.4) is 0 Å². The summed E-state index contributed by atoms with van der Waals surface area (Å²) in [6.45, 7) is 12.1. The van der Waals surface area contributed by atoms with Crippen LogP contribution in [0.2, 0.25) is 0 Å². The number of carbonyl (C=O) groups excluding carboxylic acids is 1. The summed E-state index contributed by atoms with van der Waals surface area (Å²) in [5.74, 6) is 1.59. The van der Waals surface area contributed by atoms with Crippen LogP contribution in [0, 0.1) is 6.92 Å². The van der Waals surface area contributed by atoms with Crippen molar-refractivity contribution < 1.29 is 9.53 Å². The predicted octanol–water partition coefficient (Wildman–Crippen LogP) is 7.38. The lowest BCUT2D eigenvalue weighted by Gasteiger charge is -2.31. The molecule has 0 saturated carbocycles. The Balaban J connectivity index is 1.15. The first-order valence-corrected chi connectivity index (χ1v) is 15.4. The summed E-state index contributed by atoms with van der Waals surface area (Å²) >= 11 is 1.65. The van der Waals surface area contributed by atoms with Crippen molar-refractivity contribution in [2.24, 2.45) is 0 Å². The number of carbonyl (C=O) groups is 1. The van der Waals surface area contributed by atoms with Gasteiger partial charge in [-0.2, -0.15) is 5.10 Å². The molecule has 6 rings (SSSR count). The Morgan fingerprint density at radius 2 is 1.63 bits per heavy atom. The minimum Gasteiger partial charge on any atom is -0.381 e. The Hall–Kier alpha value is -4.15. The van der Waals surface area contributed by atoms with E-state index in [1.165, 1.54) is 0 Å². The third-order valence-electron chi connectivity index (χ3n) is 7.86. The van der Waals surface area contributed by atoms with Crippen LogP contribution in [0.15, 0.2) is 82.7 Å². The molecule has 0 bridgehead atoms. The van der Waals surface area contributed by atoms with Gasteiger partial charge in [-0.1, -0.05) is 57.2 Å². The van der Waals surface area contributed by atoms with Crippen LogP contribution < -0.4 is 10.6 Å². The van der Waals surface area contributed by atoms with Gasteiger partial charge in [0.25, 0.3) is 0 Å². The summed E-state index contributed by atoms with van der Waals surface area (Å²) in [6, 6.07) is 21.6. The number of benzene rings is 2. The Kier molecular flexibility index (Phi) is 7.74. The Morgan fingerprint density at radius 3 is 2.33 bits per heavy atom. The van der Waals surface area contributed by atoms with Crippen molar-refractivity contribution in [2.75, 3.05) is 23.8 Å². The van der Waals surface area contributed by atoms with Gasteiger partial charge in [0.2, 0.25) is 0 Å². The number of nitrogens with one attached hydrogen (secondary N) is 2. The fraction of sp³-hybridized carbons (Fsp3) is 0.333. The van der Waals surface area contributed by atoms with E-state index >= 15 is 0 Å². The molecule has 10 heteroatoms.